The largest absolute Gasteiger partial charge is 0.384 e. The molecule has 1 unspecified atom stereocenters. The molecule has 84 valence electrons. The fourth-order valence-electron chi connectivity index (χ4n) is 1.62. The summed E-state index contributed by atoms with van der Waals surface area (Å²) in [6.45, 7) is 1.86. The highest BCUT2D eigenvalue weighted by molar-refractivity contribution is 9.10. The zero-order valence-corrected chi connectivity index (χ0v) is 10.3. The minimum Gasteiger partial charge on any atom is -0.384 e. The summed E-state index contributed by atoms with van der Waals surface area (Å²) in [7, 11) is 0. The normalized spacial score (nSPS) is 12.7. The highest BCUT2D eigenvalue weighted by atomic mass is 79.9. The monoisotopic (exact) mass is 283 g/mol. The number of halogens is 2. The van der Waals surface area contributed by atoms with E-state index >= 15 is 0 Å². The van der Waals surface area contributed by atoms with Crippen molar-refractivity contribution in [3.8, 4) is 0 Å². The second-order valence-electron chi connectivity index (χ2n) is 3.54. The first-order valence-electron chi connectivity index (χ1n) is 4.83. The minimum absolute atomic E-state index is 0.219. The van der Waals surface area contributed by atoms with E-state index in [0.29, 0.717) is 11.4 Å². The second kappa shape index (κ2) is 4.25. The van der Waals surface area contributed by atoms with E-state index in [0.717, 1.165) is 4.47 Å². The first-order chi connectivity index (χ1) is 7.59. The van der Waals surface area contributed by atoms with Crippen LogP contribution in [0.15, 0.2) is 34.9 Å². The summed E-state index contributed by atoms with van der Waals surface area (Å²) in [6, 6.07) is 6.43. The van der Waals surface area contributed by atoms with Gasteiger partial charge in [0.1, 0.15) is 11.6 Å². The van der Waals surface area contributed by atoms with Gasteiger partial charge in [-0.25, -0.2) is 9.07 Å². The summed E-state index contributed by atoms with van der Waals surface area (Å²) in [5.74, 6) is 0.256. The van der Waals surface area contributed by atoms with E-state index in [9.17, 15) is 4.39 Å². The highest BCUT2D eigenvalue weighted by Crippen LogP contribution is 2.24. The maximum atomic E-state index is 13.7. The molecular weight excluding hydrogens is 273 g/mol. The maximum Gasteiger partial charge on any atom is 0.129 e. The van der Waals surface area contributed by atoms with E-state index in [4.69, 9.17) is 5.73 Å². The molecule has 0 amide bonds. The molecule has 0 aliphatic carbocycles. The number of nitrogens with zero attached hydrogens (tertiary/aromatic N) is 2. The average molecular weight is 284 g/mol. The third kappa shape index (κ3) is 1.95. The van der Waals surface area contributed by atoms with Crippen LogP contribution >= 0.6 is 15.9 Å². The molecule has 1 atom stereocenters. The summed E-state index contributed by atoms with van der Waals surface area (Å²) >= 11 is 3.22. The third-order valence-corrected chi connectivity index (χ3v) is 2.97. The van der Waals surface area contributed by atoms with Crippen molar-refractivity contribution in [2.45, 2.75) is 13.0 Å². The molecule has 5 heteroatoms. The molecule has 2 aromatic rings. The van der Waals surface area contributed by atoms with E-state index < -0.39 is 0 Å². The van der Waals surface area contributed by atoms with Crippen molar-refractivity contribution in [2.24, 2.45) is 0 Å². The lowest BCUT2D eigenvalue weighted by molar-refractivity contribution is 0.526. The van der Waals surface area contributed by atoms with Gasteiger partial charge in [0, 0.05) is 10.0 Å². The Kier molecular flexibility index (Phi) is 2.96. The Labute approximate surface area is 101 Å². The molecular formula is C11H11BrFN3. The molecule has 0 bridgehead atoms. The Balaban J connectivity index is 2.41. The Morgan fingerprint density at radius 2 is 2.19 bits per heavy atom. The Morgan fingerprint density at radius 3 is 2.75 bits per heavy atom. The lowest BCUT2D eigenvalue weighted by Gasteiger charge is -2.15. The number of nitrogens with two attached hydrogens (primary N) is 1. The maximum absolute atomic E-state index is 13.7. The molecule has 0 saturated carbocycles. The molecule has 0 aliphatic rings. The summed E-state index contributed by atoms with van der Waals surface area (Å²) in [5.41, 5.74) is 6.30. The lowest BCUT2D eigenvalue weighted by atomic mass is 10.1. The van der Waals surface area contributed by atoms with Crippen LogP contribution in [0.3, 0.4) is 0 Å². The molecule has 0 fully saturated rings. The van der Waals surface area contributed by atoms with Gasteiger partial charge in [0.2, 0.25) is 0 Å². The van der Waals surface area contributed by atoms with Crippen LogP contribution in [-0.4, -0.2) is 9.78 Å². The van der Waals surface area contributed by atoms with Crippen molar-refractivity contribution in [3.63, 3.8) is 0 Å². The fraction of sp³-hybridized carbons (Fsp3) is 0.182. The molecule has 2 rings (SSSR count). The number of benzene rings is 1. The Morgan fingerprint density at radius 1 is 1.44 bits per heavy atom. The smallest absolute Gasteiger partial charge is 0.129 e. The summed E-state index contributed by atoms with van der Waals surface area (Å²) in [5, 5.41) is 4.07. The molecule has 0 radical (unpaired) electrons. The molecule has 16 heavy (non-hydrogen) atoms. The lowest BCUT2D eigenvalue weighted by Crippen LogP contribution is -2.12. The number of anilines is 1. The van der Waals surface area contributed by atoms with Crippen LogP contribution < -0.4 is 5.73 Å². The van der Waals surface area contributed by atoms with Crippen LogP contribution in [0.4, 0.5) is 10.2 Å². The average Bonchev–Trinajstić information content (AvgIpc) is 2.63. The van der Waals surface area contributed by atoms with Crippen molar-refractivity contribution in [3.05, 3.63) is 46.3 Å². The summed E-state index contributed by atoms with van der Waals surface area (Å²) in [4.78, 5) is 0. The van der Waals surface area contributed by atoms with Crippen molar-refractivity contribution >= 4 is 21.7 Å². The van der Waals surface area contributed by atoms with E-state index in [1.807, 2.05) is 6.92 Å². The number of nitrogen functional groups attached to an aromatic ring is 1. The van der Waals surface area contributed by atoms with Gasteiger partial charge in [-0.3, -0.25) is 0 Å². The van der Waals surface area contributed by atoms with E-state index in [-0.39, 0.29) is 11.9 Å². The number of hydrogen-bond donors (Lipinski definition) is 1. The quantitative estimate of drug-likeness (QED) is 0.921. The predicted molar refractivity (Wildman–Crippen MR) is 64.6 cm³/mol. The van der Waals surface area contributed by atoms with Gasteiger partial charge in [0.15, 0.2) is 0 Å². The van der Waals surface area contributed by atoms with Crippen LogP contribution in [-0.2, 0) is 0 Å². The van der Waals surface area contributed by atoms with Crippen LogP contribution in [0.5, 0.6) is 0 Å². The van der Waals surface area contributed by atoms with Gasteiger partial charge in [-0.1, -0.05) is 22.0 Å². The fourth-order valence-corrected chi connectivity index (χ4v) is 1.95. The standard InChI is InChI=1S/C11H11BrFN3/c1-7(16-11(14)4-5-15-16)9-3-2-8(12)6-10(9)13/h2-7H,14H2,1H3. The predicted octanol–water partition coefficient (Wildman–Crippen LogP) is 2.98. The Hall–Kier alpha value is -1.36. The molecule has 2 N–H and O–H groups in total. The van der Waals surface area contributed by atoms with E-state index in [1.54, 1.807) is 29.1 Å². The SMILES string of the molecule is CC(c1ccc(Br)cc1F)n1nccc1N. The van der Waals surface area contributed by atoms with Crippen LogP contribution in [0.1, 0.15) is 18.5 Å². The molecule has 1 aromatic carbocycles. The van der Waals surface area contributed by atoms with Crippen molar-refractivity contribution in [1.29, 1.82) is 0 Å². The molecule has 0 spiro atoms. The zero-order chi connectivity index (χ0) is 11.7. The number of aromatic nitrogens is 2. The van der Waals surface area contributed by atoms with Crippen molar-refractivity contribution in [1.82, 2.24) is 9.78 Å². The molecule has 1 aromatic heterocycles. The number of rotatable bonds is 2. The van der Waals surface area contributed by atoms with E-state index in [2.05, 4.69) is 21.0 Å². The van der Waals surface area contributed by atoms with E-state index in [1.165, 1.54) is 6.07 Å². The summed E-state index contributed by atoms with van der Waals surface area (Å²) < 4.78 is 16.0. The van der Waals surface area contributed by atoms with Gasteiger partial charge < -0.3 is 5.73 Å². The Bertz CT molecular complexity index is 510. The second-order valence-corrected chi connectivity index (χ2v) is 4.46. The van der Waals surface area contributed by atoms with Gasteiger partial charge in [-0.05, 0) is 25.1 Å². The van der Waals surface area contributed by atoms with Gasteiger partial charge in [-0.2, -0.15) is 5.10 Å². The molecule has 0 aliphatic heterocycles. The number of hydrogen-bond acceptors (Lipinski definition) is 2. The van der Waals surface area contributed by atoms with Crippen molar-refractivity contribution < 1.29 is 4.39 Å². The van der Waals surface area contributed by atoms with Crippen LogP contribution in [0.25, 0.3) is 0 Å². The van der Waals surface area contributed by atoms with Crippen LogP contribution in [0, 0.1) is 5.82 Å². The summed E-state index contributed by atoms with van der Waals surface area (Å²) in [6.07, 6.45) is 1.60. The van der Waals surface area contributed by atoms with Gasteiger partial charge in [-0.15, -0.1) is 0 Å². The first-order valence-corrected chi connectivity index (χ1v) is 5.63. The minimum atomic E-state index is -0.267. The van der Waals surface area contributed by atoms with Gasteiger partial charge in [0.05, 0.1) is 12.2 Å². The van der Waals surface area contributed by atoms with Gasteiger partial charge in [0.25, 0.3) is 0 Å². The molecule has 3 nitrogen and oxygen atoms in total. The zero-order valence-electron chi connectivity index (χ0n) is 8.69. The van der Waals surface area contributed by atoms with Crippen LogP contribution in [0.2, 0.25) is 0 Å². The third-order valence-electron chi connectivity index (χ3n) is 2.48. The van der Waals surface area contributed by atoms with Gasteiger partial charge >= 0.3 is 0 Å². The van der Waals surface area contributed by atoms with Crippen molar-refractivity contribution in [2.75, 3.05) is 5.73 Å². The first kappa shape index (κ1) is 11.1. The topological polar surface area (TPSA) is 43.8 Å². The molecule has 1 heterocycles. The molecule has 0 saturated heterocycles. The highest BCUT2D eigenvalue weighted by Gasteiger charge is 2.14.